The summed E-state index contributed by atoms with van der Waals surface area (Å²) in [5.74, 6) is -1.12. The average molecular weight is 286 g/mol. The zero-order chi connectivity index (χ0) is 15.8. The molecule has 20 heavy (non-hydrogen) atoms. The van der Waals surface area contributed by atoms with Gasteiger partial charge < -0.3 is 15.3 Å². The summed E-state index contributed by atoms with van der Waals surface area (Å²) in [6.07, 6.45) is 1.06. The van der Waals surface area contributed by atoms with Gasteiger partial charge in [0.25, 0.3) is 0 Å². The second-order valence-electron chi connectivity index (χ2n) is 5.39. The molecule has 0 aromatic rings. The number of carbonyl (C=O) groups excluding carboxylic acids is 2. The number of amides is 2. The number of carboxylic acid groups (broad SMARTS) is 1. The molecular weight excluding hydrogens is 260 g/mol. The van der Waals surface area contributed by atoms with E-state index in [-0.39, 0.29) is 24.8 Å². The molecule has 0 aromatic carbocycles. The van der Waals surface area contributed by atoms with Gasteiger partial charge in [-0.05, 0) is 34.1 Å². The number of nitrogens with zero attached hydrogens (tertiary/aromatic N) is 1. The standard InChI is InChI=1S/C14H26N2O4/c1-5-16(6-2)12(18)9-7-8-11(17)15-10-14(3,4)13(19)20/h5-10H2,1-4H3,(H,15,17)(H,19,20). The summed E-state index contributed by atoms with van der Waals surface area (Å²) in [6, 6.07) is 0. The van der Waals surface area contributed by atoms with Crippen molar-refractivity contribution in [1.82, 2.24) is 10.2 Å². The third-order valence-electron chi connectivity index (χ3n) is 3.22. The predicted octanol–water partition coefficient (Wildman–Crippen LogP) is 1.25. The molecule has 0 saturated heterocycles. The molecule has 0 bridgehead atoms. The normalized spacial score (nSPS) is 11.0. The van der Waals surface area contributed by atoms with E-state index in [0.717, 1.165) is 0 Å². The lowest BCUT2D eigenvalue weighted by Crippen LogP contribution is -2.39. The molecule has 0 atom stereocenters. The molecule has 0 aliphatic carbocycles. The van der Waals surface area contributed by atoms with Gasteiger partial charge in [0.1, 0.15) is 0 Å². The van der Waals surface area contributed by atoms with Crippen LogP contribution in [0.4, 0.5) is 0 Å². The van der Waals surface area contributed by atoms with Gasteiger partial charge in [0.15, 0.2) is 0 Å². The molecule has 0 heterocycles. The van der Waals surface area contributed by atoms with E-state index >= 15 is 0 Å². The highest BCUT2D eigenvalue weighted by Gasteiger charge is 2.27. The van der Waals surface area contributed by atoms with E-state index in [9.17, 15) is 14.4 Å². The summed E-state index contributed by atoms with van der Waals surface area (Å²) in [4.78, 5) is 35.9. The van der Waals surface area contributed by atoms with Crippen molar-refractivity contribution in [2.24, 2.45) is 5.41 Å². The molecule has 0 unspecified atom stereocenters. The van der Waals surface area contributed by atoms with E-state index in [1.165, 1.54) is 0 Å². The summed E-state index contributed by atoms with van der Waals surface area (Å²) in [7, 11) is 0. The Morgan fingerprint density at radius 1 is 1.10 bits per heavy atom. The largest absolute Gasteiger partial charge is 0.481 e. The second kappa shape index (κ2) is 8.55. The van der Waals surface area contributed by atoms with Gasteiger partial charge in [0.2, 0.25) is 11.8 Å². The minimum atomic E-state index is -0.979. The molecule has 0 radical (unpaired) electrons. The number of carbonyl (C=O) groups is 3. The molecule has 0 rings (SSSR count). The molecule has 6 heteroatoms. The van der Waals surface area contributed by atoms with Gasteiger partial charge in [-0.1, -0.05) is 0 Å². The Labute approximate surface area is 120 Å². The first-order valence-electron chi connectivity index (χ1n) is 7.02. The van der Waals surface area contributed by atoms with E-state index in [0.29, 0.717) is 25.9 Å². The summed E-state index contributed by atoms with van der Waals surface area (Å²) >= 11 is 0. The Hall–Kier alpha value is -1.59. The molecule has 0 aliphatic rings. The minimum Gasteiger partial charge on any atom is -0.481 e. The third kappa shape index (κ3) is 6.54. The van der Waals surface area contributed by atoms with Crippen LogP contribution in [0.1, 0.15) is 47.0 Å². The predicted molar refractivity (Wildman–Crippen MR) is 76.2 cm³/mol. The molecule has 0 fully saturated rings. The topological polar surface area (TPSA) is 86.7 Å². The molecule has 0 aromatic heterocycles. The fourth-order valence-corrected chi connectivity index (χ4v) is 1.62. The van der Waals surface area contributed by atoms with Crippen LogP contribution in [0.15, 0.2) is 0 Å². The van der Waals surface area contributed by atoms with E-state index in [1.54, 1.807) is 18.7 Å². The highest BCUT2D eigenvalue weighted by molar-refractivity contribution is 5.80. The van der Waals surface area contributed by atoms with Gasteiger partial charge in [0, 0.05) is 32.5 Å². The van der Waals surface area contributed by atoms with Gasteiger partial charge in [-0.15, -0.1) is 0 Å². The molecule has 2 N–H and O–H groups in total. The molecule has 6 nitrogen and oxygen atoms in total. The maximum Gasteiger partial charge on any atom is 0.310 e. The van der Waals surface area contributed by atoms with E-state index in [1.807, 2.05) is 13.8 Å². The molecule has 116 valence electrons. The molecule has 0 saturated carbocycles. The minimum absolute atomic E-state index is 0.0497. The Morgan fingerprint density at radius 2 is 1.65 bits per heavy atom. The van der Waals surface area contributed by atoms with Crippen molar-refractivity contribution in [3.8, 4) is 0 Å². The molecular formula is C14H26N2O4. The van der Waals surface area contributed by atoms with Gasteiger partial charge in [-0.3, -0.25) is 14.4 Å². The second-order valence-corrected chi connectivity index (χ2v) is 5.39. The number of hydrogen-bond acceptors (Lipinski definition) is 3. The Bertz CT molecular complexity index is 349. The number of hydrogen-bond donors (Lipinski definition) is 2. The first kappa shape index (κ1) is 18.4. The van der Waals surface area contributed by atoms with Gasteiger partial charge >= 0.3 is 5.97 Å². The van der Waals surface area contributed by atoms with Crippen LogP contribution in [0.5, 0.6) is 0 Å². The van der Waals surface area contributed by atoms with Crippen molar-refractivity contribution < 1.29 is 19.5 Å². The number of carboxylic acids is 1. The monoisotopic (exact) mass is 286 g/mol. The fourth-order valence-electron chi connectivity index (χ4n) is 1.62. The van der Waals surface area contributed by atoms with Crippen molar-refractivity contribution in [1.29, 1.82) is 0 Å². The van der Waals surface area contributed by atoms with Crippen molar-refractivity contribution >= 4 is 17.8 Å². The Kier molecular flexibility index (Phi) is 7.87. The van der Waals surface area contributed by atoms with Crippen LogP contribution in [0, 0.1) is 5.41 Å². The number of rotatable bonds is 9. The van der Waals surface area contributed by atoms with Gasteiger partial charge in [-0.2, -0.15) is 0 Å². The number of nitrogens with one attached hydrogen (secondary N) is 1. The van der Waals surface area contributed by atoms with E-state index in [2.05, 4.69) is 5.32 Å². The highest BCUT2D eigenvalue weighted by Crippen LogP contribution is 2.13. The maximum atomic E-state index is 11.7. The van der Waals surface area contributed by atoms with Crippen LogP contribution in [0.2, 0.25) is 0 Å². The van der Waals surface area contributed by atoms with Crippen LogP contribution >= 0.6 is 0 Å². The molecule has 0 spiro atoms. The van der Waals surface area contributed by atoms with Crippen LogP contribution in [-0.4, -0.2) is 47.4 Å². The zero-order valence-corrected chi connectivity index (χ0v) is 12.9. The fraction of sp³-hybridized carbons (Fsp3) is 0.786. The Balaban J connectivity index is 3.96. The first-order chi connectivity index (χ1) is 9.24. The van der Waals surface area contributed by atoms with Gasteiger partial charge in [0.05, 0.1) is 5.41 Å². The van der Waals surface area contributed by atoms with Crippen molar-refractivity contribution in [3.05, 3.63) is 0 Å². The lowest BCUT2D eigenvalue weighted by Gasteiger charge is -2.20. The maximum absolute atomic E-state index is 11.7. The summed E-state index contributed by atoms with van der Waals surface area (Å²) in [6.45, 7) is 8.39. The quantitative estimate of drug-likeness (QED) is 0.668. The zero-order valence-electron chi connectivity index (χ0n) is 12.9. The van der Waals surface area contributed by atoms with Crippen LogP contribution in [0.3, 0.4) is 0 Å². The molecule has 0 aliphatic heterocycles. The molecule has 2 amide bonds. The summed E-state index contributed by atoms with van der Waals surface area (Å²) in [5, 5.41) is 11.5. The van der Waals surface area contributed by atoms with E-state index in [4.69, 9.17) is 5.11 Å². The van der Waals surface area contributed by atoms with Crippen LogP contribution in [-0.2, 0) is 14.4 Å². The lowest BCUT2D eigenvalue weighted by molar-refractivity contribution is -0.146. The SMILES string of the molecule is CCN(CC)C(=O)CCCC(=O)NCC(C)(C)C(=O)O. The van der Waals surface area contributed by atoms with Crippen molar-refractivity contribution in [2.75, 3.05) is 19.6 Å². The van der Waals surface area contributed by atoms with Crippen LogP contribution in [0.25, 0.3) is 0 Å². The van der Waals surface area contributed by atoms with Crippen LogP contribution < -0.4 is 5.32 Å². The average Bonchev–Trinajstić information content (AvgIpc) is 2.37. The summed E-state index contributed by atoms with van der Waals surface area (Å²) < 4.78 is 0. The Morgan fingerprint density at radius 3 is 2.10 bits per heavy atom. The highest BCUT2D eigenvalue weighted by atomic mass is 16.4. The van der Waals surface area contributed by atoms with Crippen molar-refractivity contribution in [3.63, 3.8) is 0 Å². The smallest absolute Gasteiger partial charge is 0.310 e. The summed E-state index contributed by atoms with van der Waals surface area (Å²) in [5.41, 5.74) is -0.979. The van der Waals surface area contributed by atoms with Gasteiger partial charge in [-0.25, -0.2) is 0 Å². The third-order valence-corrected chi connectivity index (χ3v) is 3.22. The number of aliphatic carboxylic acids is 1. The van der Waals surface area contributed by atoms with Crippen molar-refractivity contribution in [2.45, 2.75) is 47.0 Å². The first-order valence-corrected chi connectivity index (χ1v) is 7.02. The van der Waals surface area contributed by atoms with E-state index < -0.39 is 11.4 Å². The lowest BCUT2D eigenvalue weighted by atomic mass is 9.94.